The molecule has 0 heterocycles. The Balaban J connectivity index is -0.0000000267. The van der Waals surface area contributed by atoms with Crippen LogP contribution in [0, 0.1) is 0 Å². The van der Waals surface area contributed by atoms with Gasteiger partial charge < -0.3 is 9.41 Å². The predicted molar refractivity (Wildman–Crippen MR) is 18.9 cm³/mol. The van der Waals surface area contributed by atoms with Crippen LogP contribution in [0.3, 0.4) is 0 Å². The second-order valence-electron chi connectivity index (χ2n) is 0.473. The van der Waals surface area contributed by atoms with Gasteiger partial charge in [0.15, 0.2) is 0 Å². The molecule has 3 nitrogen and oxygen atoms in total. The van der Waals surface area contributed by atoms with Crippen molar-refractivity contribution in [2.45, 2.75) is 0 Å². The Morgan fingerprint density at radius 3 is 1.25 bits per heavy atom. The van der Waals surface area contributed by atoms with Crippen LogP contribution in [-0.4, -0.2) is 47.5 Å². The van der Waals surface area contributed by atoms with Crippen LogP contribution in [0.1, 0.15) is 0 Å². The third kappa shape index (κ3) is 192. The molecule has 0 rings (SSSR count). The maximum Gasteiger partial charge on any atom is 2.00 e. The summed E-state index contributed by atoms with van der Waals surface area (Å²) < 4.78 is 19.0. The number of rotatable bonds is 0. The second-order valence-corrected chi connectivity index (χ2v) is 1.42. The monoisotopic (exact) mass is 178 g/mol. The van der Waals surface area contributed by atoms with E-state index in [1.54, 1.807) is 0 Å². The average molecular weight is 178 g/mol. The first-order valence-electron chi connectivity index (χ1n) is 0.752. The Hall–Kier alpha value is 1.20. The molecule has 0 aliphatic rings. The van der Waals surface area contributed by atoms with Gasteiger partial charge in [-0.05, 0) is 0 Å². The molecular formula is H2CaF3O3P. The van der Waals surface area contributed by atoms with Crippen molar-refractivity contribution in [2.75, 3.05) is 0 Å². The molecule has 0 amide bonds. The summed E-state index contributed by atoms with van der Waals surface area (Å²) in [6.45, 7) is 0. The molecule has 0 radical (unpaired) electrons. The predicted octanol–water partition coefficient (Wildman–Crippen LogP) is -6.32. The van der Waals surface area contributed by atoms with E-state index in [4.69, 9.17) is 14.4 Å². The third-order valence-electron chi connectivity index (χ3n) is 0. The van der Waals surface area contributed by atoms with Gasteiger partial charge in [0.25, 0.3) is 0 Å². The van der Waals surface area contributed by atoms with E-state index < -0.39 is 7.91 Å². The van der Waals surface area contributed by atoms with E-state index in [1.807, 2.05) is 0 Å². The molecule has 0 aromatic rings. The van der Waals surface area contributed by atoms with Gasteiger partial charge in [-0.3, -0.25) is 9.79 Å². The Morgan fingerprint density at radius 1 is 1.25 bits per heavy atom. The van der Waals surface area contributed by atoms with Crippen molar-refractivity contribution < 1.29 is 28.0 Å². The van der Waals surface area contributed by atoms with Gasteiger partial charge in [-0.2, -0.15) is 0 Å². The molecule has 8 heavy (non-hydrogen) atoms. The van der Waals surface area contributed by atoms with Crippen LogP contribution >= 0.6 is 7.91 Å². The van der Waals surface area contributed by atoms with Crippen molar-refractivity contribution in [3.8, 4) is 0 Å². The molecule has 0 aromatic heterocycles. The summed E-state index contributed by atoms with van der Waals surface area (Å²) >= 11 is 0. The first-order valence-corrected chi connectivity index (χ1v) is 2.25. The zero-order chi connectivity index (χ0) is 4.50. The smallest absolute Gasteiger partial charge is 1.00 e. The molecule has 0 saturated heterocycles. The molecule has 0 fully saturated rings. The van der Waals surface area contributed by atoms with Crippen molar-refractivity contribution >= 4 is 45.6 Å². The minimum atomic E-state index is -5.14. The molecule has 0 atom stereocenters. The van der Waals surface area contributed by atoms with Crippen molar-refractivity contribution in [3.05, 3.63) is 0 Å². The van der Waals surface area contributed by atoms with E-state index in [1.165, 1.54) is 0 Å². The van der Waals surface area contributed by atoms with Gasteiger partial charge in [-0.1, -0.05) is 0 Å². The van der Waals surface area contributed by atoms with Crippen LogP contribution in [-0.2, 0) is 4.57 Å². The van der Waals surface area contributed by atoms with Crippen LogP contribution in [0.25, 0.3) is 0 Å². The van der Waals surface area contributed by atoms with Gasteiger partial charge in [0, 0.05) is 0 Å². The first-order chi connectivity index (χ1) is 2.00. The van der Waals surface area contributed by atoms with Gasteiger partial charge in [0.1, 0.15) is 0 Å². The quantitative estimate of drug-likeness (QED) is 0.286. The van der Waals surface area contributed by atoms with E-state index >= 15 is 0 Å². The maximum atomic E-state index is 10.4. The zero-order valence-corrected chi connectivity index (χ0v) is 6.69. The summed E-state index contributed by atoms with van der Waals surface area (Å²) in [7, 11) is -5.14. The molecule has 0 aromatic carbocycles. The largest absolute Gasteiger partial charge is 2.00 e. The fourth-order valence-electron chi connectivity index (χ4n) is 0. The Morgan fingerprint density at radius 2 is 1.25 bits per heavy atom. The molecular weight excluding hydrogens is 176 g/mol. The number of halogens is 3. The Bertz CT molecular complexity index is 60.7. The molecule has 2 N–H and O–H groups in total. The molecule has 8 heteroatoms. The molecule has 0 saturated carbocycles. The maximum absolute atomic E-state index is 10.4. The molecule has 0 aliphatic heterocycles. The topological polar surface area (TPSA) is 57.5 Å². The van der Waals surface area contributed by atoms with Crippen LogP contribution in [0.15, 0.2) is 0 Å². The molecule has 0 bridgehead atoms. The van der Waals surface area contributed by atoms with Gasteiger partial charge in [0.2, 0.25) is 0 Å². The second kappa shape index (κ2) is 8.20. The van der Waals surface area contributed by atoms with Gasteiger partial charge in [0.05, 0.1) is 0 Å². The zero-order valence-electron chi connectivity index (χ0n) is 3.59. The van der Waals surface area contributed by atoms with Gasteiger partial charge >= 0.3 is 45.6 Å². The van der Waals surface area contributed by atoms with Gasteiger partial charge in [-0.15, -0.1) is 4.20 Å². The van der Waals surface area contributed by atoms with Crippen LogP contribution in [0.5, 0.6) is 0 Å². The molecule has 0 aliphatic carbocycles. The minimum Gasteiger partial charge on any atom is -1.00 e. The van der Waals surface area contributed by atoms with Crippen LogP contribution < -0.4 is 9.41 Å². The summed E-state index contributed by atoms with van der Waals surface area (Å²) in [4.78, 5) is 13.9. The molecule has 0 unspecified atom stereocenters. The van der Waals surface area contributed by atoms with Crippen molar-refractivity contribution in [1.29, 1.82) is 0 Å². The van der Waals surface area contributed by atoms with E-state index in [0.29, 0.717) is 0 Å². The van der Waals surface area contributed by atoms with Crippen LogP contribution in [0.4, 0.5) is 4.20 Å². The summed E-state index contributed by atoms with van der Waals surface area (Å²) in [5.74, 6) is 0. The van der Waals surface area contributed by atoms with Crippen molar-refractivity contribution in [3.63, 3.8) is 0 Å². The number of hydrogen-bond donors (Lipinski definition) is 2. The fourth-order valence-corrected chi connectivity index (χ4v) is 0. The number of hydrogen-bond acceptors (Lipinski definition) is 1. The Labute approximate surface area is 73.3 Å². The summed E-state index contributed by atoms with van der Waals surface area (Å²) in [6.07, 6.45) is 0. The Kier molecular flexibility index (Phi) is 23.4. The van der Waals surface area contributed by atoms with Crippen LogP contribution in [0.2, 0.25) is 0 Å². The van der Waals surface area contributed by atoms with Crippen molar-refractivity contribution in [1.82, 2.24) is 0 Å². The minimum absolute atomic E-state index is 0. The molecule has 0 spiro atoms. The normalized spacial score (nSPS) is 7.38. The fraction of sp³-hybridized carbons (Fsp3) is 0. The SMILES string of the molecule is O=P(O)(O)F.[Ca+2].[F-].[F-]. The standard InChI is InChI=1S/Ca.FH2O3P.2FH/c;1-5(2,3)4;;/h;(H2,2,3,4);2*1H/q+2;;;/p-2. The molecule has 48 valence electrons. The van der Waals surface area contributed by atoms with Gasteiger partial charge in [-0.25, -0.2) is 4.57 Å². The third-order valence-corrected chi connectivity index (χ3v) is 0. The summed E-state index contributed by atoms with van der Waals surface area (Å²) in [5.41, 5.74) is 0. The van der Waals surface area contributed by atoms with E-state index in [0.717, 1.165) is 0 Å². The average Bonchev–Trinajstić information content (AvgIpc) is 0.722. The summed E-state index contributed by atoms with van der Waals surface area (Å²) in [5, 5.41) is 0. The van der Waals surface area contributed by atoms with E-state index in [9.17, 15) is 4.20 Å². The summed E-state index contributed by atoms with van der Waals surface area (Å²) in [6, 6.07) is 0. The van der Waals surface area contributed by atoms with Crippen molar-refractivity contribution in [2.24, 2.45) is 0 Å². The van der Waals surface area contributed by atoms with E-state index in [-0.39, 0.29) is 47.1 Å². The van der Waals surface area contributed by atoms with E-state index in [2.05, 4.69) is 0 Å². The first kappa shape index (κ1) is 22.9.